The number of carbonyl (C=O) groups excluding carboxylic acids is 1. The summed E-state index contributed by atoms with van der Waals surface area (Å²) in [6.07, 6.45) is -0.664. The summed E-state index contributed by atoms with van der Waals surface area (Å²) in [7, 11) is -3.58. The Labute approximate surface area is 180 Å². The van der Waals surface area contributed by atoms with Gasteiger partial charge in [0.05, 0.1) is 17.8 Å². The molecule has 0 saturated heterocycles. The highest BCUT2D eigenvalue weighted by Gasteiger charge is 2.31. The highest BCUT2D eigenvalue weighted by atomic mass is 32.2. The van der Waals surface area contributed by atoms with Gasteiger partial charge in [-0.1, -0.05) is 0 Å². The Morgan fingerprint density at radius 1 is 1.19 bits per heavy atom. The van der Waals surface area contributed by atoms with Crippen molar-refractivity contribution in [2.24, 2.45) is 0 Å². The van der Waals surface area contributed by atoms with E-state index in [1.807, 2.05) is 0 Å². The number of halogens is 3. The van der Waals surface area contributed by atoms with Gasteiger partial charge in [0, 0.05) is 24.6 Å². The summed E-state index contributed by atoms with van der Waals surface area (Å²) in [6.45, 7) is 0.380. The molecule has 13 heteroatoms. The molecule has 3 heterocycles. The van der Waals surface area contributed by atoms with Gasteiger partial charge in [0.15, 0.2) is 0 Å². The zero-order chi connectivity index (χ0) is 23.1. The summed E-state index contributed by atoms with van der Waals surface area (Å²) in [6, 6.07) is 4.23. The Hall–Kier alpha value is -3.48. The molecule has 4 rings (SSSR count). The Morgan fingerprint density at radius 2 is 1.91 bits per heavy atom. The van der Waals surface area contributed by atoms with Crippen molar-refractivity contribution >= 4 is 15.7 Å². The molecule has 0 aliphatic carbocycles. The molecule has 1 aromatic carbocycles. The second-order valence-corrected chi connectivity index (χ2v) is 9.00. The highest BCUT2D eigenvalue weighted by Crippen LogP contribution is 2.33. The van der Waals surface area contributed by atoms with E-state index in [1.54, 1.807) is 0 Å². The fourth-order valence-electron chi connectivity index (χ4n) is 3.17. The van der Waals surface area contributed by atoms with Crippen LogP contribution in [0.2, 0.25) is 0 Å². The molecular formula is C19H16F3N5O4S. The number of H-pyrrole nitrogens is 1. The minimum absolute atomic E-state index is 0.0378. The first kappa shape index (κ1) is 21.7. The zero-order valence-electron chi connectivity index (χ0n) is 16.5. The van der Waals surface area contributed by atoms with Gasteiger partial charge >= 0.3 is 6.18 Å². The van der Waals surface area contributed by atoms with E-state index in [-0.39, 0.29) is 35.6 Å². The van der Waals surface area contributed by atoms with Crippen molar-refractivity contribution in [3.63, 3.8) is 0 Å². The average molecular weight is 467 g/mol. The molecule has 0 saturated carbocycles. The Kier molecular flexibility index (Phi) is 5.36. The maximum atomic E-state index is 12.7. The number of amides is 1. The molecule has 0 atom stereocenters. The monoisotopic (exact) mass is 467 g/mol. The molecule has 9 nitrogen and oxygen atoms in total. The minimum atomic E-state index is -4.45. The summed E-state index contributed by atoms with van der Waals surface area (Å²) in [4.78, 5) is 28.7. The van der Waals surface area contributed by atoms with Crippen molar-refractivity contribution in [1.82, 2.24) is 24.8 Å². The zero-order valence-corrected chi connectivity index (χ0v) is 17.4. The van der Waals surface area contributed by atoms with E-state index in [0.29, 0.717) is 17.7 Å². The van der Waals surface area contributed by atoms with Crippen LogP contribution in [-0.2, 0) is 29.0 Å². The third kappa shape index (κ3) is 4.42. The van der Waals surface area contributed by atoms with Gasteiger partial charge in [0.25, 0.3) is 5.91 Å². The molecule has 0 bridgehead atoms. The van der Waals surface area contributed by atoms with Crippen molar-refractivity contribution in [3.8, 4) is 11.6 Å². The van der Waals surface area contributed by atoms with Crippen molar-refractivity contribution < 1.29 is 31.1 Å². The van der Waals surface area contributed by atoms with E-state index in [9.17, 15) is 26.4 Å². The number of rotatable bonds is 4. The summed E-state index contributed by atoms with van der Waals surface area (Å²) < 4.78 is 67.0. The fourth-order valence-corrected chi connectivity index (χ4v) is 3.71. The van der Waals surface area contributed by atoms with Crippen LogP contribution in [0.15, 0.2) is 41.9 Å². The van der Waals surface area contributed by atoms with Crippen LogP contribution >= 0.6 is 0 Å². The predicted octanol–water partition coefficient (Wildman–Crippen LogP) is 2.61. The van der Waals surface area contributed by atoms with Crippen LogP contribution in [0, 0.1) is 0 Å². The van der Waals surface area contributed by atoms with Crippen molar-refractivity contribution in [1.29, 1.82) is 0 Å². The maximum Gasteiger partial charge on any atom is 0.416 e. The number of fused-ring (bicyclic) bond motifs is 1. The number of imidazole rings is 1. The molecule has 0 fully saturated rings. The third-order valence-electron chi connectivity index (χ3n) is 4.78. The van der Waals surface area contributed by atoms with Gasteiger partial charge in [-0.05, 0) is 30.7 Å². The van der Waals surface area contributed by atoms with E-state index in [4.69, 9.17) is 4.74 Å². The van der Waals surface area contributed by atoms with E-state index in [1.165, 1.54) is 29.6 Å². The Morgan fingerprint density at radius 3 is 2.53 bits per heavy atom. The lowest BCUT2D eigenvalue weighted by Crippen LogP contribution is -2.37. The van der Waals surface area contributed by atoms with E-state index >= 15 is 0 Å². The first-order valence-electron chi connectivity index (χ1n) is 9.25. The van der Waals surface area contributed by atoms with Gasteiger partial charge in [-0.3, -0.25) is 4.79 Å². The van der Waals surface area contributed by atoms with Gasteiger partial charge in [0.1, 0.15) is 17.8 Å². The van der Waals surface area contributed by atoms with Gasteiger partial charge in [0.2, 0.25) is 20.9 Å². The summed E-state index contributed by atoms with van der Waals surface area (Å²) >= 11 is 0. The lowest BCUT2D eigenvalue weighted by Gasteiger charge is -2.28. The van der Waals surface area contributed by atoms with Gasteiger partial charge in [-0.15, -0.1) is 0 Å². The van der Waals surface area contributed by atoms with Crippen LogP contribution in [0.1, 0.15) is 27.3 Å². The van der Waals surface area contributed by atoms with Crippen LogP contribution in [0.5, 0.6) is 11.6 Å². The maximum absolute atomic E-state index is 12.7. The Balaban J connectivity index is 1.51. The van der Waals surface area contributed by atoms with Gasteiger partial charge in [-0.25, -0.2) is 23.4 Å². The number of nitrogens with one attached hydrogen (secondary N) is 1. The first-order chi connectivity index (χ1) is 15.0. The molecule has 168 valence electrons. The Bertz CT molecular complexity index is 1270. The SMILES string of the molecule is CS(=O)(=O)c1nc(C(=O)N2CCc3c(ncnc3Oc3ccc(C(F)(F)F)cc3)C2)c[nH]1. The fraction of sp³-hybridized carbons (Fsp3) is 0.263. The smallest absolute Gasteiger partial charge is 0.416 e. The number of aromatic amines is 1. The minimum Gasteiger partial charge on any atom is -0.439 e. The number of sulfone groups is 1. The number of hydrogen-bond donors (Lipinski definition) is 1. The molecule has 3 aromatic rings. The molecule has 32 heavy (non-hydrogen) atoms. The summed E-state index contributed by atoms with van der Waals surface area (Å²) in [5.74, 6) is -0.0890. The number of alkyl halides is 3. The second-order valence-electron chi connectivity index (χ2n) is 7.07. The molecule has 0 unspecified atom stereocenters. The van der Waals surface area contributed by atoms with Crippen LogP contribution < -0.4 is 4.74 Å². The molecule has 0 radical (unpaired) electrons. The van der Waals surface area contributed by atoms with Crippen LogP contribution in [0.3, 0.4) is 0 Å². The van der Waals surface area contributed by atoms with E-state index in [0.717, 1.165) is 18.4 Å². The predicted molar refractivity (Wildman–Crippen MR) is 104 cm³/mol. The number of hydrogen-bond acceptors (Lipinski definition) is 7. The van der Waals surface area contributed by atoms with Gasteiger partial charge < -0.3 is 14.6 Å². The molecule has 2 aromatic heterocycles. The van der Waals surface area contributed by atoms with Crippen molar-refractivity contribution in [3.05, 3.63) is 59.3 Å². The third-order valence-corrected chi connectivity index (χ3v) is 5.69. The van der Waals surface area contributed by atoms with Crippen molar-refractivity contribution in [2.75, 3.05) is 12.8 Å². The molecule has 1 N–H and O–H groups in total. The van der Waals surface area contributed by atoms with Crippen LogP contribution in [0.4, 0.5) is 13.2 Å². The van der Waals surface area contributed by atoms with Crippen LogP contribution in [-0.4, -0.2) is 52.0 Å². The molecule has 1 amide bonds. The lowest BCUT2D eigenvalue weighted by atomic mass is 10.1. The molecular weight excluding hydrogens is 451 g/mol. The summed E-state index contributed by atoms with van der Waals surface area (Å²) in [5, 5.41) is -0.298. The largest absolute Gasteiger partial charge is 0.439 e. The standard InChI is InChI=1S/C19H16F3N5O4S/c1-32(29,30)18-23-8-14(26-18)17(28)27-7-6-13-15(9-27)24-10-25-16(13)31-12-4-2-11(3-5-12)19(20,21)22/h2-5,8,10H,6-7,9H2,1H3,(H,23,26). The van der Waals surface area contributed by atoms with E-state index in [2.05, 4.69) is 19.9 Å². The number of nitrogens with zero attached hydrogens (tertiary/aromatic N) is 4. The quantitative estimate of drug-likeness (QED) is 0.627. The molecule has 0 spiro atoms. The van der Waals surface area contributed by atoms with Gasteiger partial charge in [-0.2, -0.15) is 13.2 Å². The number of ether oxygens (including phenoxy) is 1. The average Bonchev–Trinajstić information content (AvgIpc) is 3.24. The molecule has 1 aliphatic heterocycles. The highest BCUT2D eigenvalue weighted by molar-refractivity contribution is 7.90. The topological polar surface area (TPSA) is 118 Å². The lowest BCUT2D eigenvalue weighted by molar-refractivity contribution is -0.137. The normalized spacial score (nSPS) is 14.2. The first-order valence-corrected chi connectivity index (χ1v) is 11.1. The molecule has 1 aliphatic rings. The second kappa shape index (κ2) is 7.89. The number of aromatic nitrogens is 4. The number of benzene rings is 1. The van der Waals surface area contributed by atoms with Crippen molar-refractivity contribution in [2.45, 2.75) is 24.3 Å². The summed E-state index contributed by atoms with van der Waals surface area (Å²) in [5.41, 5.74) is 0.320. The number of carbonyl (C=O) groups is 1. The van der Waals surface area contributed by atoms with Crippen LogP contribution in [0.25, 0.3) is 0 Å². The van der Waals surface area contributed by atoms with E-state index < -0.39 is 27.5 Å².